The highest BCUT2D eigenvalue weighted by molar-refractivity contribution is 7.00. The standard InChI is InChI=1S/C84H84BN3/c1-78(2,3)56-37-42-72(61(43-56)55-29-21-17-22-30-55)88-74-50-69-68(83(12,13)63-33-25-26-34-64(63)84(69,14)15)48-71(74)85-70-47-66-67(82(10,11)52-81(66,8)9)49-73(70)87(59-40-41-62-65(44-59)80(6,7)51-79(62,4)5)75-45-60(46-76(88)77(75)85)86(57-31-23-18-24-32-57)58-38-35-54(36-39-58)53-27-19-16-20-28-53/h16-50H,51-52H2,1-15H3. The Hall–Kier alpha value is -8.34. The van der Waals surface area contributed by atoms with Crippen LogP contribution in [0.5, 0.6) is 0 Å². The third kappa shape index (κ3) is 8.43. The Morgan fingerprint density at radius 3 is 1.39 bits per heavy atom. The first-order valence-corrected chi connectivity index (χ1v) is 32.4. The van der Waals surface area contributed by atoms with Crippen molar-refractivity contribution in [1.29, 1.82) is 0 Å². The molecular weight excluding hydrogens is 1060 g/mol. The molecule has 2 aliphatic heterocycles. The lowest BCUT2D eigenvalue weighted by molar-refractivity contribution is 0.403. The number of rotatable bonds is 7. The van der Waals surface area contributed by atoms with Crippen LogP contribution in [0.4, 0.5) is 51.2 Å². The maximum absolute atomic E-state index is 2.73. The lowest BCUT2D eigenvalue weighted by atomic mass is 9.32. The first-order valence-electron chi connectivity index (χ1n) is 32.4. The summed E-state index contributed by atoms with van der Waals surface area (Å²) in [6.07, 6.45) is 2.18. The number of fused-ring (bicyclic) bond motifs is 8. The van der Waals surface area contributed by atoms with Crippen molar-refractivity contribution in [2.24, 2.45) is 0 Å². The summed E-state index contributed by atoms with van der Waals surface area (Å²) in [5.74, 6) is 0. The minimum atomic E-state index is -0.294. The summed E-state index contributed by atoms with van der Waals surface area (Å²) in [5, 5.41) is 0. The average molecular weight is 1150 g/mol. The van der Waals surface area contributed by atoms with Gasteiger partial charge in [-0.2, -0.15) is 0 Å². The molecule has 0 aromatic heterocycles. The average Bonchev–Trinajstić information content (AvgIpc) is 0.925. The molecule has 0 fully saturated rings. The van der Waals surface area contributed by atoms with E-state index in [-0.39, 0.29) is 44.6 Å². The highest BCUT2D eigenvalue weighted by atomic mass is 15.2. The first-order chi connectivity index (χ1) is 41.7. The molecular formula is C84H84BN3. The van der Waals surface area contributed by atoms with Crippen molar-refractivity contribution in [3.05, 3.63) is 262 Å². The van der Waals surface area contributed by atoms with E-state index in [2.05, 4.69) is 331 Å². The molecule has 438 valence electrons. The van der Waals surface area contributed by atoms with Gasteiger partial charge < -0.3 is 14.7 Å². The van der Waals surface area contributed by atoms with Crippen LogP contribution in [0, 0.1) is 0 Å². The van der Waals surface area contributed by atoms with Crippen LogP contribution in [0.25, 0.3) is 22.3 Å². The van der Waals surface area contributed by atoms with Crippen molar-refractivity contribution in [3.63, 3.8) is 0 Å². The monoisotopic (exact) mass is 1150 g/mol. The fourth-order valence-electron chi connectivity index (χ4n) is 17.7. The second kappa shape index (κ2) is 19.1. The number of hydrogen-bond donors (Lipinski definition) is 0. The van der Waals surface area contributed by atoms with Gasteiger partial charge in [0.1, 0.15) is 0 Å². The van der Waals surface area contributed by atoms with E-state index < -0.39 is 0 Å². The summed E-state index contributed by atoms with van der Waals surface area (Å²) in [6, 6.07) is 82.4. The van der Waals surface area contributed by atoms with Crippen LogP contribution in [0.15, 0.2) is 212 Å². The van der Waals surface area contributed by atoms with Crippen LogP contribution in [0.1, 0.15) is 167 Å². The van der Waals surface area contributed by atoms with Gasteiger partial charge in [0.25, 0.3) is 6.71 Å². The molecule has 15 rings (SSSR count). The molecule has 5 aliphatic rings. The van der Waals surface area contributed by atoms with Crippen LogP contribution >= 0.6 is 0 Å². The fraction of sp³-hybridized carbons (Fsp3) is 0.286. The lowest BCUT2D eigenvalue weighted by Crippen LogP contribution is -2.62. The molecule has 0 saturated heterocycles. The van der Waals surface area contributed by atoms with Crippen molar-refractivity contribution in [2.75, 3.05) is 14.7 Å². The van der Waals surface area contributed by atoms with Crippen molar-refractivity contribution in [2.45, 2.75) is 155 Å². The number of para-hydroxylation sites is 1. The number of benzene rings is 10. The SMILES string of the molecule is CC(C)(C)c1ccc(N2c3cc4c(cc3B3c5cc6c(cc5N(c5ccc7c(c5)C(C)(C)CC7(C)C)c5cc(N(c7ccccc7)c7ccc(-c8ccccc8)cc7)cc2c53)C(C)(C)CC6(C)C)C(C)(C)c2ccccc2C4(C)C)c(-c2ccccc2)c1. The third-order valence-corrected chi connectivity index (χ3v) is 21.6. The van der Waals surface area contributed by atoms with Crippen LogP contribution in [0.2, 0.25) is 0 Å². The predicted molar refractivity (Wildman–Crippen MR) is 377 cm³/mol. The topological polar surface area (TPSA) is 9.72 Å². The second-order valence-electron chi connectivity index (χ2n) is 31.3. The molecule has 88 heavy (non-hydrogen) atoms. The molecule has 0 amide bonds. The molecule has 0 spiro atoms. The lowest BCUT2D eigenvalue weighted by Gasteiger charge is -2.49. The zero-order valence-corrected chi connectivity index (χ0v) is 54.5. The van der Waals surface area contributed by atoms with E-state index in [4.69, 9.17) is 0 Å². The Morgan fingerprint density at radius 2 is 0.795 bits per heavy atom. The van der Waals surface area contributed by atoms with Gasteiger partial charge in [0, 0.05) is 56.2 Å². The van der Waals surface area contributed by atoms with E-state index in [1.54, 1.807) is 0 Å². The Morgan fingerprint density at radius 1 is 0.341 bits per heavy atom. The van der Waals surface area contributed by atoms with Crippen LogP contribution in [0.3, 0.4) is 0 Å². The van der Waals surface area contributed by atoms with Crippen molar-refractivity contribution < 1.29 is 0 Å². The van der Waals surface area contributed by atoms with Gasteiger partial charge in [0.05, 0.1) is 11.4 Å². The summed E-state index contributed by atoms with van der Waals surface area (Å²) in [7, 11) is 0. The van der Waals surface area contributed by atoms with E-state index in [9.17, 15) is 0 Å². The molecule has 0 atom stereocenters. The maximum atomic E-state index is 2.73. The second-order valence-corrected chi connectivity index (χ2v) is 31.3. The minimum absolute atomic E-state index is 0.0155. The predicted octanol–water partition coefficient (Wildman–Crippen LogP) is 20.8. The Labute approximate surface area is 525 Å². The Bertz CT molecular complexity index is 4480. The molecule has 10 aromatic carbocycles. The van der Waals surface area contributed by atoms with Gasteiger partial charge in [-0.1, -0.05) is 243 Å². The van der Waals surface area contributed by atoms with Gasteiger partial charge in [-0.05, 0) is 196 Å². The third-order valence-electron chi connectivity index (χ3n) is 21.6. The van der Waals surface area contributed by atoms with Gasteiger partial charge in [0.15, 0.2) is 0 Å². The summed E-state index contributed by atoms with van der Waals surface area (Å²) < 4.78 is 0. The molecule has 0 unspecified atom stereocenters. The summed E-state index contributed by atoms with van der Waals surface area (Å²) in [5.41, 5.74) is 31.5. The van der Waals surface area contributed by atoms with Crippen LogP contribution < -0.4 is 31.1 Å². The fourth-order valence-corrected chi connectivity index (χ4v) is 17.7. The molecule has 4 heteroatoms. The van der Waals surface area contributed by atoms with E-state index >= 15 is 0 Å². The molecule has 0 N–H and O–H groups in total. The van der Waals surface area contributed by atoms with E-state index in [1.807, 2.05) is 0 Å². The first kappa shape index (κ1) is 56.2. The van der Waals surface area contributed by atoms with Crippen molar-refractivity contribution in [1.82, 2.24) is 0 Å². The summed E-state index contributed by atoms with van der Waals surface area (Å²) in [4.78, 5) is 7.97. The molecule has 3 nitrogen and oxygen atoms in total. The highest BCUT2D eigenvalue weighted by Crippen LogP contribution is 2.58. The van der Waals surface area contributed by atoms with Gasteiger partial charge in [0.2, 0.25) is 0 Å². The normalized spacial score (nSPS) is 17.9. The minimum Gasteiger partial charge on any atom is -0.311 e. The summed E-state index contributed by atoms with van der Waals surface area (Å²) in [6.45, 7) is 36.6. The molecule has 3 aliphatic carbocycles. The quantitative estimate of drug-likeness (QED) is 0.147. The zero-order valence-electron chi connectivity index (χ0n) is 54.5. The molecule has 0 radical (unpaired) electrons. The number of nitrogens with zero attached hydrogens (tertiary/aromatic N) is 3. The largest absolute Gasteiger partial charge is 0.311 e. The highest BCUT2D eigenvalue weighted by Gasteiger charge is 2.52. The zero-order chi connectivity index (χ0) is 61.4. The van der Waals surface area contributed by atoms with Gasteiger partial charge in [-0.15, -0.1) is 0 Å². The van der Waals surface area contributed by atoms with Crippen LogP contribution in [-0.4, -0.2) is 6.71 Å². The smallest absolute Gasteiger partial charge is 0.252 e. The Balaban J connectivity index is 1.12. The van der Waals surface area contributed by atoms with Gasteiger partial charge in [-0.3, -0.25) is 0 Å². The molecule has 0 saturated carbocycles. The molecule has 2 heterocycles. The molecule has 0 bridgehead atoms. The number of hydrogen-bond acceptors (Lipinski definition) is 3. The molecule has 10 aromatic rings. The maximum Gasteiger partial charge on any atom is 0.252 e. The van der Waals surface area contributed by atoms with Crippen LogP contribution in [-0.2, 0) is 37.9 Å². The summed E-state index contributed by atoms with van der Waals surface area (Å²) >= 11 is 0. The van der Waals surface area contributed by atoms with Gasteiger partial charge >= 0.3 is 0 Å². The van der Waals surface area contributed by atoms with E-state index in [0.717, 1.165) is 29.9 Å². The van der Waals surface area contributed by atoms with E-state index in [1.165, 1.54) is 123 Å². The van der Waals surface area contributed by atoms with Crippen molar-refractivity contribution in [3.8, 4) is 22.3 Å². The van der Waals surface area contributed by atoms with Crippen molar-refractivity contribution >= 4 is 74.3 Å². The number of anilines is 9. The Kier molecular flexibility index (Phi) is 12.2. The van der Waals surface area contributed by atoms with E-state index in [0.29, 0.717) is 0 Å². The van der Waals surface area contributed by atoms with Gasteiger partial charge in [-0.25, -0.2) is 0 Å².